The van der Waals surface area contributed by atoms with Crippen LogP contribution in [0.3, 0.4) is 0 Å². The van der Waals surface area contributed by atoms with Gasteiger partial charge in [0.05, 0.1) is 7.11 Å². The molecule has 0 saturated carbocycles. The van der Waals surface area contributed by atoms with Gasteiger partial charge in [0.25, 0.3) is 0 Å². The molecule has 2 N–H and O–H groups in total. The molecule has 0 heterocycles. The predicted molar refractivity (Wildman–Crippen MR) is 90.8 cm³/mol. The molecule has 5 nitrogen and oxygen atoms in total. The van der Waals surface area contributed by atoms with Gasteiger partial charge in [0.1, 0.15) is 5.82 Å². The number of carbonyl (C=O) groups is 2. The number of nitrogens with one attached hydrogen (secondary N) is 1. The summed E-state index contributed by atoms with van der Waals surface area (Å²) in [6.07, 6.45) is -0.0395. The van der Waals surface area contributed by atoms with Gasteiger partial charge in [-0.2, -0.15) is 0 Å². The summed E-state index contributed by atoms with van der Waals surface area (Å²) in [6.45, 7) is 1.31. The van der Waals surface area contributed by atoms with E-state index >= 15 is 0 Å². The summed E-state index contributed by atoms with van der Waals surface area (Å²) in [5.41, 5.74) is -1.21. The van der Waals surface area contributed by atoms with Crippen molar-refractivity contribution in [1.82, 2.24) is 5.32 Å². The Morgan fingerprint density at radius 3 is 2.38 bits per heavy atom. The van der Waals surface area contributed by atoms with Crippen LogP contribution in [0.1, 0.15) is 24.5 Å². The van der Waals surface area contributed by atoms with Crippen molar-refractivity contribution in [3.05, 3.63) is 65.2 Å². The summed E-state index contributed by atoms with van der Waals surface area (Å²) in [5.74, 6) is -2.85. The highest BCUT2D eigenvalue weighted by molar-refractivity contribution is 5.87. The van der Waals surface area contributed by atoms with Crippen LogP contribution in [0.4, 0.5) is 8.78 Å². The third-order valence-corrected chi connectivity index (χ3v) is 4.12. The SMILES string of the molecule is COc1cccc(CCC(=O)NC(C)(C(=O)O)c2ccc(F)cc2)c1F. The van der Waals surface area contributed by atoms with Gasteiger partial charge in [-0.15, -0.1) is 0 Å². The zero-order chi connectivity index (χ0) is 19.3. The summed E-state index contributed by atoms with van der Waals surface area (Å²) in [5, 5.41) is 11.9. The van der Waals surface area contributed by atoms with Gasteiger partial charge in [-0.05, 0) is 42.7 Å². The Balaban J connectivity index is 2.11. The highest BCUT2D eigenvalue weighted by atomic mass is 19.1. The molecular formula is C19H19F2NO4. The first-order valence-electron chi connectivity index (χ1n) is 7.89. The summed E-state index contributed by atoms with van der Waals surface area (Å²) < 4.78 is 32.1. The molecule has 1 amide bonds. The molecule has 0 aliphatic heterocycles. The van der Waals surface area contributed by atoms with Crippen LogP contribution < -0.4 is 10.1 Å². The topological polar surface area (TPSA) is 75.6 Å². The van der Waals surface area contributed by atoms with E-state index in [9.17, 15) is 23.5 Å². The number of benzene rings is 2. The number of aryl methyl sites for hydroxylation is 1. The minimum Gasteiger partial charge on any atom is -0.494 e. The lowest BCUT2D eigenvalue weighted by molar-refractivity contribution is -0.147. The molecule has 138 valence electrons. The first kappa shape index (κ1) is 19.4. The fourth-order valence-electron chi connectivity index (χ4n) is 2.53. The smallest absolute Gasteiger partial charge is 0.333 e. The number of rotatable bonds is 7. The van der Waals surface area contributed by atoms with Crippen molar-refractivity contribution < 1.29 is 28.2 Å². The van der Waals surface area contributed by atoms with Crippen molar-refractivity contribution in [3.8, 4) is 5.75 Å². The number of ether oxygens (including phenoxy) is 1. The van der Waals surface area contributed by atoms with Crippen LogP contribution in [0, 0.1) is 11.6 Å². The maximum Gasteiger partial charge on any atom is 0.333 e. The van der Waals surface area contributed by atoms with Crippen LogP contribution in [0.15, 0.2) is 42.5 Å². The Kier molecular flexibility index (Phi) is 5.92. The number of aliphatic carboxylic acids is 1. The van der Waals surface area contributed by atoms with E-state index in [1.54, 1.807) is 6.07 Å². The molecule has 2 rings (SSSR count). The van der Waals surface area contributed by atoms with Crippen molar-refractivity contribution in [2.45, 2.75) is 25.3 Å². The third kappa shape index (κ3) is 4.17. The fraction of sp³-hybridized carbons (Fsp3) is 0.263. The monoisotopic (exact) mass is 363 g/mol. The van der Waals surface area contributed by atoms with Crippen LogP contribution in [-0.4, -0.2) is 24.1 Å². The number of carbonyl (C=O) groups excluding carboxylic acids is 1. The predicted octanol–water partition coefficient (Wildman–Crippen LogP) is 3.02. The molecule has 0 aliphatic rings. The van der Waals surface area contributed by atoms with E-state index < -0.39 is 29.0 Å². The molecule has 0 fully saturated rings. The van der Waals surface area contributed by atoms with Crippen LogP contribution in [-0.2, 0) is 21.5 Å². The van der Waals surface area contributed by atoms with Crippen molar-refractivity contribution in [2.75, 3.05) is 7.11 Å². The highest BCUT2D eigenvalue weighted by Crippen LogP contribution is 2.23. The van der Waals surface area contributed by atoms with E-state index in [-0.39, 0.29) is 24.2 Å². The molecule has 26 heavy (non-hydrogen) atoms. The molecule has 0 aliphatic carbocycles. The highest BCUT2D eigenvalue weighted by Gasteiger charge is 2.36. The lowest BCUT2D eigenvalue weighted by atomic mass is 9.91. The maximum atomic E-state index is 14.1. The molecule has 1 atom stereocenters. The lowest BCUT2D eigenvalue weighted by Crippen LogP contribution is -2.49. The molecule has 1 unspecified atom stereocenters. The number of methoxy groups -OCH3 is 1. The van der Waals surface area contributed by atoms with Crippen molar-refractivity contribution >= 4 is 11.9 Å². The lowest BCUT2D eigenvalue weighted by Gasteiger charge is -2.27. The molecule has 0 spiro atoms. The Hall–Kier alpha value is -2.96. The second-order valence-corrected chi connectivity index (χ2v) is 5.92. The van der Waals surface area contributed by atoms with Crippen molar-refractivity contribution in [2.24, 2.45) is 0 Å². The van der Waals surface area contributed by atoms with Crippen molar-refractivity contribution in [1.29, 1.82) is 0 Å². The van der Waals surface area contributed by atoms with E-state index in [1.165, 1.54) is 38.3 Å². The van der Waals surface area contributed by atoms with Gasteiger partial charge < -0.3 is 15.2 Å². The summed E-state index contributed by atoms with van der Waals surface area (Å²) in [6, 6.07) is 9.44. The van der Waals surface area contributed by atoms with Gasteiger partial charge in [-0.25, -0.2) is 13.6 Å². The number of carboxylic acid groups (broad SMARTS) is 1. The standard InChI is InChI=1S/C19H19F2NO4/c1-19(18(24)25,13-7-9-14(20)10-8-13)22-16(23)11-6-12-4-3-5-15(26-2)17(12)21/h3-5,7-10H,6,11H2,1-2H3,(H,22,23)(H,24,25). The molecule has 0 radical (unpaired) electrons. The number of halogens is 2. The molecule has 0 saturated heterocycles. The van der Waals surface area contributed by atoms with Gasteiger partial charge >= 0.3 is 5.97 Å². The van der Waals surface area contributed by atoms with Gasteiger partial charge in [0, 0.05) is 6.42 Å². The molecule has 7 heteroatoms. The van der Waals surface area contributed by atoms with Crippen LogP contribution in [0.25, 0.3) is 0 Å². The fourth-order valence-corrected chi connectivity index (χ4v) is 2.53. The average Bonchev–Trinajstić information content (AvgIpc) is 2.61. The quantitative estimate of drug-likeness (QED) is 0.793. The number of carboxylic acids is 1. The van der Waals surface area contributed by atoms with Gasteiger partial charge in [-0.3, -0.25) is 4.79 Å². The van der Waals surface area contributed by atoms with Crippen LogP contribution in [0.5, 0.6) is 5.75 Å². The average molecular weight is 363 g/mol. The number of hydrogen-bond donors (Lipinski definition) is 2. The van der Waals surface area contributed by atoms with E-state index in [0.29, 0.717) is 5.56 Å². The van der Waals surface area contributed by atoms with Crippen LogP contribution in [0.2, 0.25) is 0 Å². The molecule has 0 bridgehead atoms. The second kappa shape index (κ2) is 7.95. The van der Waals surface area contributed by atoms with Gasteiger partial charge in [-0.1, -0.05) is 24.3 Å². The zero-order valence-corrected chi connectivity index (χ0v) is 14.4. The molecule has 2 aromatic carbocycles. The first-order chi connectivity index (χ1) is 12.3. The Morgan fingerprint density at radius 2 is 1.81 bits per heavy atom. The molecule has 0 aromatic heterocycles. The largest absolute Gasteiger partial charge is 0.494 e. The van der Waals surface area contributed by atoms with E-state index in [4.69, 9.17) is 4.74 Å². The van der Waals surface area contributed by atoms with E-state index in [1.807, 2.05) is 0 Å². The number of amides is 1. The maximum absolute atomic E-state index is 14.1. The number of hydrogen-bond acceptors (Lipinski definition) is 3. The minimum absolute atomic E-state index is 0.0737. The normalized spacial score (nSPS) is 12.9. The Labute approximate surface area is 149 Å². The molecular weight excluding hydrogens is 344 g/mol. The summed E-state index contributed by atoms with van der Waals surface area (Å²) in [4.78, 5) is 23.9. The Bertz CT molecular complexity index is 808. The summed E-state index contributed by atoms with van der Waals surface area (Å²) >= 11 is 0. The minimum atomic E-state index is -1.72. The summed E-state index contributed by atoms with van der Waals surface area (Å²) in [7, 11) is 1.34. The van der Waals surface area contributed by atoms with Crippen molar-refractivity contribution in [3.63, 3.8) is 0 Å². The zero-order valence-electron chi connectivity index (χ0n) is 14.4. The van der Waals surface area contributed by atoms with E-state index in [0.717, 1.165) is 12.1 Å². The second-order valence-electron chi connectivity index (χ2n) is 5.92. The Morgan fingerprint density at radius 1 is 1.15 bits per heavy atom. The molecule has 2 aromatic rings. The van der Waals surface area contributed by atoms with Gasteiger partial charge in [0.2, 0.25) is 5.91 Å². The third-order valence-electron chi connectivity index (χ3n) is 4.12. The van der Waals surface area contributed by atoms with E-state index in [2.05, 4.69) is 5.32 Å². The van der Waals surface area contributed by atoms with Gasteiger partial charge in [0.15, 0.2) is 17.1 Å². The first-order valence-corrected chi connectivity index (χ1v) is 7.89. The van der Waals surface area contributed by atoms with Crippen LogP contribution >= 0.6 is 0 Å².